The maximum Gasteiger partial charge on any atom is 0.213 e. The molecule has 27 heavy (non-hydrogen) atoms. The predicted octanol–water partition coefficient (Wildman–Crippen LogP) is 2.87. The van der Waals surface area contributed by atoms with E-state index in [1.165, 1.54) is 10.6 Å². The molecule has 1 aliphatic carbocycles. The van der Waals surface area contributed by atoms with Crippen LogP contribution >= 0.6 is 0 Å². The lowest BCUT2D eigenvalue weighted by atomic mass is 10.1. The number of aromatic nitrogens is 3. The molecule has 4 rings (SSSR count). The zero-order chi connectivity index (χ0) is 19.1. The van der Waals surface area contributed by atoms with Crippen LogP contribution in [0.3, 0.4) is 0 Å². The van der Waals surface area contributed by atoms with E-state index >= 15 is 0 Å². The zero-order valence-corrected chi connectivity index (χ0v) is 15.7. The van der Waals surface area contributed by atoms with Crippen LogP contribution in [0.1, 0.15) is 55.0 Å². The van der Waals surface area contributed by atoms with E-state index in [2.05, 4.69) is 16.2 Å². The normalized spacial score (nSPS) is 21.8. The summed E-state index contributed by atoms with van der Waals surface area (Å²) in [6, 6.07) is 6.14. The molecule has 8 nitrogen and oxygen atoms in total. The van der Waals surface area contributed by atoms with E-state index in [0.717, 1.165) is 23.5 Å². The van der Waals surface area contributed by atoms with Gasteiger partial charge in [-0.05, 0) is 37.0 Å². The summed E-state index contributed by atoms with van der Waals surface area (Å²) in [5.41, 5.74) is 4.13. The molecule has 0 bridgehead atoms. The van der Waals surface area contributed by atoms with Crippen LogP contribution in [-0.2, 0) is 7.05 Å². The first-order valence-electron chi connectivity index (χ1n) is 9.02. The molecule has 0 aromatic carbocycles. The first-order chi connectivity index (χ1) is 13.0. The van der Waals surface area contributed by atoms with Crippen molar-refractivity contribution in [3.63, 3.8) is 0 Å². The Balaban J connectivity index is 1.57. The number of pyridine rings is 1. The number of nitrogens with zero attached hydrogens (tertiary/aromatic N) is 5. The Morgan fingerprint density at radius 2 is 2.07 bits per heavy atom. The van der Waals surface area contributed by atoms with Gasteiger partial charge >= 0.3 is 0 Å². The van der Waals surface area contributed by atoms with Crippen LogP contribution < -0.4 is 4.74 Å². The van der Waals surface area contributed by atoms with Gasteiger partial charge in [-0.2, -0.15) is 10.2 Å². The van der Waals surface area contributed by atoms with E-state index in [1.54, 1.807) is 20.2 Å². The predicted molar refractivity (Wildman–Crippen MR) is 103 cm³/mol. The molecule has 2 aromatic heterocycles. The molecule has 0 radical (unpaired) electrons. The van der Waals surface area contributed by atoms with Gasteiger partial charge in [0.2, 0.25) is 5.88 Å². The second-order valence-electron chi connectivity index (χ2n) is 7.05. The highest BCUT2D eigenvalue weighted by atomic mass is 16.5. The topological polar surface area (TPSA) is 103 Å². The molecule has 0 saturated heterocycles. The molecule has 1 saturated carbocycles. The lowest BCUT2D eigenvalue weighted by Crippen LogP contribution is -2.35. The van der Waals surface area contributed by atoms with E-state index in [4.69, 9.17) is 20.7 Å². The molecule has 2 N–H and O–H groups in total. The molecule has 2 unspecified atom stereocenters. The van der Waals surface area contributed by atoms with Crippen molar-refractivity contribution in [1.29, 1.82) is 10.8 Å². The molecular formula is C19H23N7O. The lowest BCUT2D eigenvalue weighted by Gasteiger charge is -2.24. The molecule has 1 fully saturated rings. The summed E-state index contributed by atoms with van der Waals surface area (Å²) < 4.78 is 7.09. The average molecular weight is 365 g/mol. The Morgan fingerprint density at radius 3 is 2.81 bits per heavy atom. The maximum absolute atomic E-state index is 7.96. The van der Waals surface area contributed by atoms with Gasteiger partial charge in [0.25, 0.3) is 0 Å². The van der Waals surface area contributed by atoms with Crippen LogP contribution in [0.4, 0.5) is 0 Å². The summed E-state index contributed by atoms with van der Waals surface area (Å²) in [5.74, 6) is 2.09. The number of amidine groups is 2. The minimum absolute atomic E-state index is 0.258. The first kappa shape index (κ1) is 17.4. The number of methoxy groups -OCH3 is 1. The monoisotopic (exact) mass is 365 g/mol. The SMILES string of the molecule is COc1cc(C2CC2c2cc(C3=NN(C(C)=N)C(=N)CC3)n(C)n2)ccn1. The van der Waals surface area contributed by atoms with E-state index in [1.807, 2.05) is 23.9 Å². The third kappa shape index (κ3) is 3.22. The fourth-order valence-electron chi connectivity index (χ4n) is 3.63. The highest BCUT2D eigenvalue weighted by Gasteiger charge is 2.42. The largest absolute Gasteiger partial charge is 0.481 e. The molecule has 2 atom stereocenters. The van der Waals surface area contributed by atoms with Gasteiger partial charge < -0.3 is 4.74 Å². The second-order valence-corrected chi connectivity index (χ2v) is 7.05. The average Bonchev–Trinajstić information content (AvgIpc) is 3.38. The zero-order valence-electron chi connectivity index (χ0n) is 15.7. The van der Waals surface area contributed by atoms with Gasteiger partial charge in [0.1, 0.15) is 11.7 Å². The Kier molecular flexibility index (Phi) is 4.25. The molecule has 2 aliphatic rings. The van der Waals surface area contributed by atoms with Gasteiger partial charge in [-0.1, -0.05) is 0 Å². The van der Waals surface area contributed by atoms with Gasteiger partial charge in [0, 0.05) is 38.1 Å². The van der Waals surface area contributed by atoms with E-state index < -0.39 is 0 Å². The van der Waals surface area contributed by atoms with E-state index in [9.17, 15) is 0 Å². The Bertz CT molecular complexity index is 945. The highest BCUT2D eigenvalue weighted by Crippen LogP contribution is 2.54. The van der Waals surface area contributed by atoms with Gasteiger partial charge in [-0.25, -0.2) is 9.99 Å². The summed E-state index contributed by atoms with van der Waals surface area (Å²) in [4.78, 5) is 4.18. The van der Waals surface area contributed by atoms with Crippen LogP contribution in [0.15, 0.2) is 29.5 Å². The minimum atomic E-state index is 0.258. The Hall–Kier alpha value is -3.03. The molecular weight excluding hydrogens is 342 g/mol. The standard InChI is InChI=1S/C19H23N7O/c1-11(20)26-18(21)5-4-15(24-26)17-10-16(23-25(17)2)14-9-13(14)12-6-7-22-19(8-12)27-3/h6-8,10,13-14,20-21H,4-5,9H2,1-3H3. The van der Waals surface area contributed by atoms with Crippen LogP contribution in [0.2, 0.25) is 0 Å². The van der Waals surface area contributed by atoms with Crippen molar-refractivity contribution in [2.75, 3.05) is 7.11 Å². The molecule has 2 aromatic rings. The van der Waals surface area contributed by atoms with Crippen LogP contribution in [0, 0.1) is 10.8 Å². The summed E-state index contributed by atoms with van der Waals surface area (Å²) in [5, 5.41) is 26.4. The number of hydrazone groups is 1. The lowest BCUT2D eigenvalue weighted by molar-refractivity contribution is 0.397. The summed E-state index contributed by atoms with van der Waals surface area (Å²) in [7, 11) is 3.56. The number of rotatable bonds is 4. The van der Waals surface area contributed by atoms with E-state index in [-0.39, 0.29) is 5.84 Å². The number of hydrogen-bond acceptors (Lipinski definition) is 6. The minimum Gasteiger partial charge on any atom is -0.481 e. The molecule has 8 heteroatoms. The Morgan fingerprint density at radius 1 is 1.26 bits per heavy atom. The van der Waals surface area contributed by atoms with Crippen molar-refractivity contribution in [2.45, 2.75) is 38.0 Å². The second kappa shape index (κ2) is 6.61. The van der Waals surface area contributed by atoms with Gasteiger partial charge in [0.15, 0.2) is 0 Å². The van der Waals surface area contributed by atoms with Gasteiger partial charge in [-0.15, -0.1) is 0 Å². The number of nitrogens with one attached hydrogen (secondary N) is 2. The third-order valence-electron chi connectivity index (χ3n) is 5.15. The maximum atomic E-state index is 7.96. The van der Waals surface area contributed by atoms with Gasteiger partial charge in [-0.3, -0.25) is 15.5 Å². The third-order valence-corrected chi connectivity index (χ3v) is 5.15. The molecule has 1 aliphatic heterocycles. The molecule has 140 valence electrons. The van der Waals surface area contributed by atoms with Gasteiger partial charge in [0.05, 0.1) is 24.2 Å². The van der Waals surface area contributed by atoms with E-state index in [0.29, 0.717) is 36.4 Å². The van der Waals surface area contributed by atoms with Crippen molar-refractivity contribution in [1.82, 2.24) is 19.8 Å². The van der Waals surface area contributed by atoms with Crippen LogP contribution in [0.5, 0.6) is 5.88 Å². The molecule has 3 heterocycles. The van der Waals surface area contributed by atoms with Crippen LogP contribution in [0.25, 0.3) is 0 Å². The number of aryl methyl sites for hydroxylation is 1. The Labute approximate surface area is 157 Å². The number of ether oxygens (including phenoxy) is 1. The fourth-order valence-corrected chi connectivity index (χ4v) is 3.63. The van der Waals surface area contributed by atoms with Crippen molar-refractivity contribution >= 4 is 17.4 Å². The smallest absolute Gasteiger partial charge is 0.213 e. The van der Waals surface area contributed by atoms with Crippen molar-refractivity contribution in [2.24, 2.45) is 12.1 Å². The van der Waals surface area contributed by atoms with Crippen molar-refractivity contribution < 1.29 is 4.74 Å². The summed E-state index contributed by atoms with van der Waals surface area (Å²) >= 11 is 0. The molecule has 0 spiro atoms. The molecule has 0 amide bonds. The van der Waals surface area contributed by atoms with Crippen molar-refractivity contribution in [3.05, 3.63) is 41.3 Å². The summed E-state index contributed by atoms with van der Waals surface area (Å²) in [6.45, 7) is 1.65. The highest BCUT2D eigenvalue weighted by molar-refractivity contribution is 6.07. The summed E-state index contributed by atoms with van der Waals surface area (Å²) in [6.07, 6.45) is 4.12. The first-order valence-corrected chi connectivity index (χ1v) is 9.02. The quantitative estimate of drug-likeness (QED) is 0.642. The fraction of sp³-hybridized carbons (Fsp3) is 0.421. The number of hydrogen-bond donors (Lipinski definition) is 2. The van der Waals surface area contributed by atoms with Crippen molar-refractivity contribution in [3.8, 4) is 5.88 Å². The van der Waals surface area contributed by atoms with Crippen LogP contribution in [-0.4, -0.2) is 44.3 Å².